The second-order valence-electron chi connectivity index (χ2n) is 5.49. The molecule has 3 N–H and O–H groups in total. The van der Waals surface area contributed by atoms with Gasteiger partial charge in [-0.3, -0.25) is 9.69 Å². The number of piperidine rings is 1. The van der Waals surface area contributed by atoms with Gasteiger partial charge in [-0.05, 0) is 30.9 Å². The van der Waals surface area contributed by atoms with Crippen LogP contribution in [-0.2, 0) is 4.79 Å². The summed E-state index contributed by atoms with van der Waals surface area (Å²) in [5, 5.41) is 9.07. The average Bonchev–Trinajstić information content (AvgIpc) is 2.45. The van der Waals surface area contributed by atoms with Crippen molar-refractivity contribution in [3.63, 3.8) is 0 Å². The molecule has 0 unspecified atom stereocenters. The number of carbonyl (C=O) groups is 2. The Morgan fingerprint density at radius 1 is 1.33 bits per heavy atom. The number of para-hydroxylation sites is 2. The van der Waals surface area contributed by atoms with Crippen molar-refractivity contribution < 1.29 is 14.7 Å². The summed E-state index contributed by atoms with van der Waals surface area (Å²) in [4.78, 5) is 26.7. The molecule has 0 radical (unpaired) electrons. The van der Waals surface area contributed by atoms with Crippen molar-refractivity contribution in [2.75, 3.05) is 30.3 Å². The molecular formula is C15H21N3O3. The Kier molecular flexibility index (Phi) is 4.67. The fraction of sp³-hybridized carbons (Fsp3) is 0.467. The number of likely N-dealkylation sites (tertiary alicyclic amines) is 1. The Balaban J connectivity index is 2.22. The molecule has 1 saturated heterocycles. The first kappa shape index (κ1) is 15.2. The number of urea groups is 1. The molecule has 0 aliphatic carbocycles. The lowest BCUT2D eigenvalue weighted by molar-refractivity contribution is -0.135. The molecule has 0 bridgehead atoms. The summed E-state index contributed by atoms with van der Waals surface area (Å²) in [5.74, 6) is -0.458. The van der Waals surface area contributed by atoms with E-state index in [1.54, 1.807) is 29.2 Å². The van der Waals surface area contributed by atoms with E-state index in [1.807, 2.05) is 0 Å². The molecule has 114 valence electrons. The Hall–Kier alpha value is -2.24. The summed E-state index contributed by atoms with van der Waals surface area (Å²) in [6.45, 7) is 3.08. The second kappa shape index (κ2) is 6.47. The molecule has 1 aliphatic heterocycles. The fourth-order valence-electron chi connectivity index (χ4n) is 2.50. The molecule has 6 nitrogen and oxygen atoms in total. The highest BCUT2D eigenvalue weighted by atomic mass is 16.4. The molecule has 1 heterocycles. The minimum atomic E-state index is -1.06. The van der Waals surface area contributed by atoms with Gasteiger partial charge in [0.25, 0.3) is 0 Å². The summed E-state index contributed by atoms with van der Waals surface area (Å²) in [6, 6.07) is 6.54. The topological polar surface area (TPSA) is 86.9 Å². The Morgan fingerprint density at radius 3 is 2.52 bits per heavy atom. The first-order valence-corrected chi connectivity index (χ1v) is 7.11. The van der Waals surface area contributed by atoms with Gasteiger partial charge in [-0.25, -0.2) is 4.79 Å². The largest absolute Gasteiger partial charge is 0.480 e. The van der Waals surface area contributed by atoms with Crippen molar-refractivity contribution in [2.45, 2.75) is 19.8 Å². The maximum absolute atomic E-state index is 12.6. The Morgan fingerprint density at radius 2 is 1.95 bits per heavy atom. The third-order valence-corrected chi connectivity index (χ3v) is 3.81. The molecule has 0 atom stereocenters. The van der Waals surface area contributed by atoms with Crippen LogP contribution in [-0.4, -0.2) is 41.6 Å². The maximum Gasteiger partial charge on any atom is 0.325 e. The molecule has 1 fully saturated rings. The van der Waals surface area contributed by atoms with E-state index in [0.717, 1.165) is 12.8 Å². The second-order valence-corrected chi connectivity index (χ2v) is 5.49. The van der Waals surface area contributed by atoms with E-state index in [1.165, 1.54) is 4.90 Å². The molecule has 1 aromatic carbocycles. The third-order valence-electron chi connectivity index (χ3n) is 3.81. The molecule has 0 saturated carbocycles. The number of carboxylic acid groups (broad SMARTS) is 1. The molecule has 1 aromatic rings. The van der Waals surface area contributed by atoms with Crippen molar-refractivity contribution >= 4 is 23.4 Å². The van der Waals surface area contributed by atoms with Gasteiger partial charge < -0.3 is 15.7 Å². The fourth-order valence-corrected chi connectivity index (χ4v) is 2.50. The number of rotatable bonds is 3. The first-order chi connectivity index (χ1) is 9.99. The highest BCUT2D eigenvalue weighted by Gasteiger charge is 2.28. The van der Waals surface area contributed by atoms with Crippen LogP contribution in [0.15, 0.2) is 24.3 Å². The lowest BCUT2D eigenvalue weighted by atomic mass is 9.99. The normalized spacial score (nSPS) is 15.8. The van der Waals surface area contributed by atoms with Crippen LogP contribution in [0, 0.1) is 5.92 Å². The van der Waals surface area contributed by atoms with E-state index in [0.29, 0.717) is 30.4 Å². The number of hydrogen-bond acceptors (Lipinski definition) is 3. The van der Waals surface area contributed by atoms with Crippen LogP contribution in [0.3, 0.4) is 0 Å². The van der Waals surface area contributed by atoms with Crippen molar-refractivity contribution in [3.8, 4) is 0 Å². The van der Waals surface area contributed by atoms with Gasteiger partial charge in [0, 0.05) is 13.1 Å². The lowest BCUT2D eigenvalue weighted by Crippen LogP contribution is -2.48. The highest BCUT2D eigenvalue weighted by molar-refractivity contribution is 5.98. The van der Waals surface area contributed by atoms with Crippen molar-refractivity contribution in [1.82, 2.24) is 4.90 Å². The van der Waals surface area contributed by atoms with Crippen LogP contribution >= 0.6 is 0 Å². The van der Waals surface area contributed by atoms with Crippen molar-refractivity contribution in [3.05, 3.63) is 24.3 Å². The van der Waals surface area contributed by atoms with Gasteiger partial charge in [0.05, 0.1) is 11.4 Å². The number of carboxylic acids is 1. The predicted molar refractivity (Wildman–Crippen MR) is 81.2 cm³/mol. The number of aliphatic carboxylic acids is 1. The number of nitrogen functional groups attached to an aromatic ring is 1. The van der Waals surface area contributed by atoms with E-state index in [-0.39, 0.29) is 12.6 Å². The highest BCUT2D eigenvalue weighted by Crippen LogP contribution is 2.25. The zero-order valence-electron chi connectivity index (χ0n) is 12.2. The SMILES string of the molecule is CC1CCN(C(=O)N(CC(=O)O)c2ccccc2N)CC1. The number of benzene rings is 1. The molecule has 6 heteroatoms. The molecule has 1 aliphatic rings. The van der Waals surface area contributed by atoms with Crippen LogP contribution in [0.4, 0.5) is 16.2 Å². The van der Waals surface area contributed by atoms with Crippen LogP contribution in [0.5, 0.6) is 0 Å². The third kappa shape index (κ3) is 3.65. The number of amides is 2. The quantitative estimate of drug-likeness (QED) is 0.834. The van der Waals surface area contributed by atoms with E-state index >= 15 is 0 Å². The number of nitrogens with two attached hydrogens (primary N) is 1. The summed E-state index contributed by atoms with van der Waals surface area (Å²) in [7, 11) is 0. The number of carbonyl (C=O) groups excluding carboxylic acids is 1. The molecule has 0 aromatic heterocycles. The smallest absolute Gasteiger partial charge is 0.325 e. The Bertz CT molecular complexity index is 525. The Labute approximate surface area is 124 Å². The molecule has 2 amide bonds. The zero-order chi connectivity index (χ0) is 15.4. The lowest BCUT2D eigenvalue weighted by Gasteiger charge is -2.34. The number of anilines is 2. The molecule has 0 spiro atoms. The zero-order valence-corrected chi connectivity index (χ0v) is 12.2. The van der Waals surface area contributed by atoms with E-state index < -0.39 is 5.97 Å². The maximum atomic E-state index is 12.6. The minimum Gasteiger partial charge on any atom is -0.480 e. The number of nitrogens with zero attached hydrogens (tertiary/aromatic N) is 2. The standard InChI is InChI=1S/C15H21N3O3/c1-11-6-8-17(9-7-11)15(21)18(10-14(19)20)13-5-3-2-4-12(13)16/h2-5,11H,6-10,16H2,1H3,(H,19,20). The summed E-state index contributed by atoms with van der Waals surface area (Å²) < 4.78 is 0. The van der Waals surface area contributed by atoms with Gasteiger partial charge in [0.2, 0.25) is 0 Å². The van der Waals surface area contributed by atoms with Gasteiger partial charge in [0.15, 0.2) is 0 Å². The average molecular weight is 291 g/mol. The molecular weight excluding hydrogens is 270 g/mol. The van der Waals surface area contributed by atoms with Crippen LogP contribution in [0.1, 0.15) is 19.8 Å². The van der Waals surface area contributed by atoms with E-state index in [4.69, 9.17) is 10.8 Å². The molecule has 2 rings (SSSR count). The van der Waals surface area contributed by atoms with E-state index in [2.05, 4.69) is 6.92 Å². The molecule has 21 heavy (non-hydrogen) atoms. The van der Waals surface area contributed by atoms with Crippen molar-refractivity contribution in [1.29, 1.82) is 0 Å². The van der Waals surface area contributed by atoms with Crippen LogP contribution in [0.2, 0.25) is 0 Å². The summed E-state index contributed by atoms with van der Waals surface area (Å²) >= 11 is 0. The van der Waals surface area contributed by atoms with E-state index in [9.17, 15) is 9.59 Å². The van der Waals surface area contributed by atoms with Gasteiger partial charge >= 0.3 is 12.0 Å². The minimum absolute atomic E-state index is 0.290. The van der Waals surface area contributed by atoms with Crippen molar-refractivity contribution in [2.24, 2.45) is 5.92 Å². The van der Waals surface area contributed by atoms with Crippen LogP contribution < -0.4 is 10.6 Å². The predicted octanol–water partition coefficient (Wildman–Crippen LogP) is 2.01. The van der Waals surface area contributed by atoms with Crippen LogP contribution in [0.25, 0.3) is 0 Å². The number of hydrogen-bond donors (Lipinski definition) is 2. The van der Waals surface area contributed by atoms with Gasteiger partial charge in [0.1, 0.15) is 6.54 Å². The van der Waals surface area contributed by atoms with Gasteiger partial charge in [-0.15, -0.1) is 0 Å². The monoisotopic (exact) mass is 291 g/mol. The summed E-state index contributed by atoms with van der Waals surface area (Å²) in [6.07, 6.45) is 1.88. The van der Waals surface area contributed by atoms with Gasteiger partial charge in [-0.2, -0.15) is 0 Å². The first-order valence-electron chi connectivity index (χ1n) is 7.11. The van der Waals surface area contributed by atoms with Gasteiger partial charge in [-0.1, -0.05) is 19.1 Å². The summed E-state index contributed by atoms with van der Waals surface area (Å²) in [5.41, 5.74) is 6.73.